The van der Waals surface area contributed by atoms with Gasteiger partial charge in [0.2, 0.25) is 5.89 Å². The fraction of sp³-hybridized carbons (Fsp3) is 0.0588. The standard InChI is InChI=1S/C17H10Cl3N5O5/c18-17(19,20)15(27)21-11-3-1-2-10(8-11)13(26)22-16-24-23-14(30-16)9-4-6-12(7-5-9)25(28)29/h1-8H,(H,21,27)(H,22,24,26). The van der Waals surface area contributed by atoms with E-state index in [0.717, 1.165) is 0 Å². The van der Waals surface area contributed by atoms with Gasteiger partial charge in [0.15, 0.2) is 0 Å². The molecule has 30 heavy (non-hydrogen) atoms. The highest BCUT2D eigenvalue weighted by Crippen LogP contribution is 2.28. The number of nitrogens with zero attached hydrogens (tertiary/aromatic N) is 3. The summed E-state index contributed by atoms with van der Waals surface area (Å²) in [5, 5.41) is 23.0. The van der Waals surface area contributed by atoms with E-state index >= 15 is 0 Å². The Morgan fingerprint density at radius 2 is 1.73 bits per heavy atom. The van der Waals surface area contributed by atoms with Gasteiger partial charge in [-0.2, -0.15) is 0 Å². The Kier molecular flexibility index (Phi) is 6.20. The fourth-order valence-corrected chi connectivity index (χ4v) is 2.37. The normalized spacial score (nSPS) is 11.0. The second kappa shape index (κ2) is 8.66. The van der Waals surface area contributed by atoms with Crippen LogP contribution in [0.3, 0.4) is 0 Å². The van der Waals surface area contributed by atoms with Crippen molar-refractivity contribution in [2.75, 3.05) is 10.6 Å². The Balaban J connectivity index is 1.70. The molecule has 0 atom stereocenters. The average molecular weight is 471 g/mol. The Morgan fingerprint density at radius 3 is 2.37 bits per heavy atom. The lowest BCUT2D eigenvalue weighted by atomic mass is 10.2. The molecule has 0 unspecified atom stereocenters. The number of amides is 2. The Morgan fingerprint density at radius 1 is 1.03 bits per heavy atom. The zero-order valence-corrected chi connectivity index (χ0v) is 16.9. The number of alkyl halides is 3. The van der Waals surface area contributed by atoms with Crippen LogP contribution in [0.4, 0.5) is 17.4 Å². The molecule has 13 heteroatoms. The maximum atomic E-state index is 12.4. The van der Waals surface area contributed by atoms with Crippen LogP contribution in [0.25, 0.3) is 11.5 Å². The number of carbonyl (C=O) groups excluding carboxylic acids is 2. The monoisotopic (exact) mass is 469 g/mol. The van der Waals surface area contributed by atoms with Gasteiger partial charge in [0.25, 0.3) is 21.3 Å². The molecule has 0 saturated heterocycles. The largest absolute Gasteiger partial charge is 0.403 e. The highest BCUT2D eigenvalue weighted by atomic mass is 35.6. The van der Waals surface area contributed by atoms with Crippen LogP contribution in [-0.2, 0) is 4.79 Å². The van der Waals surface area contributed by atoms with Gasteiger partial charge < -0.3 is 9.73 Å². The van der Waals surface area contributed by atoms with Crippen LogP contribution in [0.15, 0.2) is 52.9 Å². The first-order valence-corrected chi connectivity index (χ1v) is 9.15. The molecule has 3 rings (SSSR count). The predicted molar refractivity (Wildman–Crippen MR) is 110 cm³/mol. The van der Waals surface area contributed by atoms with Crippen LogP contribution in [0.5, 0.6) is 0 Å². The van der Waals surface area contributed by atoms with Crippen molar-refractivity contribution in [3.8, 4) is 11.5 Å². The molecule has 0 bridgehead atoms. The highest BCUT2D eigenvalue weighted by molar-refractivity contribution is 6.76. The zero-order chi connectivity index (χ0) is 21.9. The maximum Gasteiger partial charge on any atom is 0.322 e. The van der Waals surface area contributed by atoms with E-state index in [1.54, 1.807) is 0 Å². The molecule has 0 aliphatic carbocycles. The first-order chi connectivity index (χ1) is 14.1. The summed E-state index contributed by atoms with van der Waals surface area (Å²) in [4.78, 5) is 34.3. The van der Waals surface area contributed by atoms with E-state index in [-0.39, 0.29) is 28.8 Å². The van der Waals surface area contributed by atoms with E-state index in [4.69, 9.17) is 39.2 Å². The van der Waals surface area contributed by atoms with Crippen LogP contribution >= 0.6 is 34.8 Å². The summed E-state index contributed by atoms with van der Waals surface area (Å²) >= 11 is 16.5. The molecule has 2 aromatic carbocycles. The molecule has 2 N–H and O–H groups in total. The van der Waals surface area contributed by atoms with E-state index < -0.39 is 20.5 Å². The molecular weight excluding hydrogens is 461 g/mol. The maximum absolute atomic E-state index is 12.4. The van der Waals surface area contributed by atoms with Crippen molar-refractivity contribution < 1.29 is 18.9 Å². The van der Waals surface area contributed by atoms with Crippen LogP contribution in [0, 0.1) is 10.1 Å². The zero-order valence-electron chi connectivity index (χ0n) is 14.6. The number of aromatic nitrogens is 2. The molecule has 1 heterocycles. The van der Waals surface area contributed by atoms with Crippen molar-refractivity contribution in [3.63, 3.8) is 0 Å². The van der Waals surface area contributed by atoms with Gasteiger partial charge in [0.05, 0.1) is 4.92 Å². The van der Waals surface area contributed by atoms with Gasteiger partial charge in [-0.15, -0.1) is 5.10 Å². The molecule has 154 valence electrons. The quantitative estimate of drug-likeness (QED) is 0.323. The molecule has 3 aromatic rings. The van der Waals surface area contributed by atoms with Gasteiger partial charge >= 0.3 is 6.01 Å². The van der Waals surface area contributed by atoms with Crippen LogP contribution < -0.4 is 10.6 Å². The van der Waals surface area contributed by atoms with Gasteiger partial charge in [-0.05, 0) is 30.3 Å². The summed E-state index contributed by atoms with van der Waals surface area (Å²) in [6.07, 6.45) is 0. The van der Waals surface area contributed by atoms with Crippen molar-refractivity contribution in [3.05, 3.63) is 64.2 Å². The Hall–Kier alpha value is -3.21. The third-order valence-electron chi connectivity index (χ3n) is 3.61. The molecule has 0 aliphatic rings. The summed E-state index contributed by atoms with van der Waals surface area (Å²) in [7, 11) is 0. The summed E-state index contributed by atoms with van der Waals surface area (Å²) in [6, 6.07) is 11.1. The summed E-state index contributed by atoms with van der Waals surface area (Å²) in [5.74, 6) is -1.42. The van der Waals surface area contributed by atoms with Gasteiger partial charge in [-0.3, -0.25) is 25.0 Å². The van der Waals surface area contributed by atoms with Gasteiger partial charge in [0, 0.05) is 28.9 Å². The topological polar surface area (TPSA) is 140 Å². The number of nitrogens with one attached hydrogen (secondary N) is 2. The summed E-state index contributed by atoms with van der Waals surface area (Å²) in [6.45, 7) is 0. The second-order valence-electron chi connectivity index (χ2n) is 5.70. The highest BCUT2D eigenvalue weighted by Gasteiger charge is 2.30. The van der Waals surface area contributed by atoms with Crippen LogP contribution in [0.2, 0.25) is 0 Å². The van der Waals surface area contributed by atoms with Crippen molar-refractivity contribution in [2.24, 2.45) is 0 Å². The van der Waals surface area contributed by atoms with Gasteiger partial charge in [0.1, 0.15) is 0 Å². The minimum absolute atomic E-state index is 0.0592. The summed E-state index contributed by atoms with van der Waals surface area (Å²) < 4.78 is 3.20. The van der Waals surface area contributed by atoms with E-state index in [2.05, 4.69) is 20.8 Å². The first kappa shape index (κ1) is 21.5. The minimum atomic E-state index is -2.16. The van der Waals surface area contributed by atoms with Crippen molar-refractivity contribution in [1.29, 1.82) is 0 Å². The van der Waals surface area contributed by atoms with E-state index in [9.17, 15) is 19.7 Å². The number of nitro groups is 1. The van der Waals surface area contributed by atoms with Gasteiger partial charge in [-0.25, -0.2) is 0 Å². The Labute approximate surface area is 183 Å². The van der Waals surface area contributed by atoms with Crippen LogP contribution in [-0.4, -0.2) is 30.7 Å². The molecule has 0 saturated carbocycles. The van der Waals surface area contributed by atoms with Crippen molar-refractivity contribution in [2.45, 2.75) is 3.79 Å². The Bertz CT molecular complexity index is 1110. The molecule has 1 aromatic heterocycles. The SMILES string of the molecule is O=C(Nc1nnc(-c2ccc([N+](=O)[O-])cc2)o1)c1cccc(NC(=O)C(Cl)(Cl)Cl)c1. The molecule has 0 radical (unpaired) electrons. The number of non-ortho nitro benzene ring substituents is 1. The number of rotatable bonds is 5. The smallest absolute Gasteiger partial charge is 0.322 e. The molecule has 10 nitrogen and oxygen atoms in total. The number of halogens is 3. The molecular formula is C17H10Cl3N5O5. The average Bonchev–Trinajstić information content (AvgIpc) is 3.16. The predicted octanol–water partition coefficient (Wildman–Crippen LogP) is 4.21. The number of hydrogen-bond acceptors (Lipinski definition) is 7. The van der Waals surface area contributed by atoms with E-state index in [1.807, 2.05) is 0 Å². The number of benzene rings is 2. The first-order valence-electron chi connectivity index (χ1n) is 8.01. The molecule has 2 amide bonds. The third kappa shape index (κ3) is 5.23. The number of nitro benzene ring substituents is 1. The van der Waals surface area contributed by atoms with E-state index in [0.29, 0.717) is 5.56 Å². The van der Waals surface area contributed by atoms with E-state index in [1.165, 1.54) is 48.5 Å². The second-order valence-corrected chi connectivity index (χ2v) is 7.98. The summed E-state index contributed by atoms with van der Waals surface area (Å²) in [5.41, 5.74) is 0.738. The molecule has 0 fully saturated rings. The number of anilines is 2. The number of carbonyl (C=O) groups is 2. The fourth-order valence-electron chi connectivity index (χ4n) is 2.23. The third-order valence-corrected chi connectivity index (χ3v) is 4.13. The van der Waals surface area contributed by atoms with Crippen LogP contribution in [0.1, 0.15) is 10.4 Å². The molecule has 0 aliphatic heterocycles. The van der Waals surface area contributed by atoms with Crippen molar-refractivity contribution >= 4 is 64.0 Å². The lowest BCUT2D eigenvalue weighted by Crippen LogP contribution is -2.27. The van der Waals surface area contributed by atoms with Crippen molar-refractivity contribution in [1.82, 2.24) is 10.2 Å². The number of hydrogen-bond donors (Lipinski definition) is 2. The molecule has 0 spiro atoms. The lowest BCUT2D eigenvalue weighted by molar-refractivity contribution is -0.384. The minimum Gasteiger partial charge on any atom is -0.403 e. The van der Waals surface area contributed by atoms with Gasteiger partial charge in [-0.1, -0.05) is 46.0 Å². The lowest BCUT2D eigenvalue weighted by Gasteiger charge is -2.12.